The third-order valence-electron chi connectivity index (χ3n) is 6.30. The van der Waals surface area contributed by atoms with Crippen LogP contribution in [-0.2, 0) is 0 Å². The number of fused-ring (bicyclic) bond motifs is 1. The monoisotopic (exact) mass is 449 g/mol. The Kier molecular flexibility index (Phi) is 6.65. The zero-order valence-corrected chi connectivity index (χ0v) is 19.0. The molecule has 3 unspecified atom stereocenters. The molecule has 0 amide bonds. The fourth-order valence-corrected chi connectivity index (χ4v) is 4.45. The lowest BCUT2D eigenvalue weighted by molar-refractivity contribution is 0.0696. The SMILES string of the molecule is COc1cc(C(C)NCC2CC(c3ccc(C(=O)O)c(C)c3)c3ccccc3O2)ccc1F. The van der Waals surface area contributed by atoms with Crippen molar-refractivity contribution in [2.24, 2.45) is 0 Å². The summed E-state index contributed by atoms with van der Waals surface area (Å²) in [7, 11) is 1.46. The van der Waals surface area contributed by atoms with Crippen molar-refractivity contribution in [2.75, 3.05) is 13.7 Å². The highest BCUT2D eigenvalue weighted by Gasteiger charge is 2.30. The molecule has 1 aliphatic heterocycles. The van der Waals surface area contributed by atoms with Gasteiger partial charge in [0, 0.05) is 24.1 Å². The number of hydrogen-bond acceptors (Lipinski definition) is 4. The number of aryl methyl sites for hydroxylation is 1. The molecule has 3 atom stereocenters. The van der Waals surface area contributed by atoms with Crippen LogP contribution in [0.25, 0.3) is 0 Å². The van der Waals surface area contributed by atoms with E-state index < -0.39 is 5.97 Å². The number of ether oxygens (including phenoxy) is 2. The Morgan fingerprint density at radius 2 is 2.00 bits per heavy atom. The molecule has 6 heteroatoms. The van der Waals surface area contributed by atoms with Crippen molar-refractivity contribution in [1.82, 2.24) is 5.32 Å². The lowest BCUT2D eigenvalue weighted by Crippen LogP contribution is -2.37. The molecule has 3 aromatic rings. The minimum atomic E-state index is -0.917. The molecule has 0 aromatic heterocycles. The number of para-hydroxylation sites is 1. The molecular formula is C27H28FNO4. The fourth-order valence-electron chi connectivity index (χ4n) is 4.45. The summed E-state index contributed by atoms with van der Waals surface area (Å²) in [6.45, 7) is 4.46. The molecule has 2 N–H and O–H groups in total. The van der Waals surface area contributed by atoms with Crippen molar-refractivity contribution in [3.05, 3.63) is 94.3 Å². The second-order valence-electron chi connectivity index (χ2n) is 8.47. The van der Waals surface area contributed by atoms with E-state index in [0.29, 0.717) is 12.1 Å². The number of halogens is 1. The summed E-state index contributed by atoms with van der Waals surface area (Å²) in [4.78, 5) is 11.4. The standard InChI is InChI=1S/C27H28FNO4/c1-16-12-19(8-10-21(16)27(30)31)23-14-20(33-25-7-5-4-6-22(23)25)15-29-17(2)18-9-11-24(28)26(13-18)32-3/h4-13,17,20,23,29H,14-15H2,1-3H3,(H,30,31). The van der Waals surface area contributed by atoms with Gasteiger partial charge in [-0.2, -0.15) is 0 Å². The van der Waals surface area contributed by atoms with Gasteiger partial charge in [-0.15, -0.1) is 0 Å². The zero-order valence-electron chi connectivity index (χ0n) is 19.0. The quantitative estimate of drug-likeness (QED) is 0.500. The first-order valence-corrected chi connectivity index (χ1v) is 11.0. The first kappa shape index (κ1) is 22.8. The van der Waals surface area contributed by atoms with Gasteiger partial charge in [0.1, 0.15) is 11.9 Å². The topological polar surface area (TPSA) is 67.8 Å². The third-order valence-corrected chi connectivity index (χ3v) is 6.30. The number of rotatable bonds is 7. The molecule has 0 radical (unpaired) electrons. The summed E-state index contributed by atoms with van der Waals surface area (Å²) in [6, 6.07) is 18.4. The second-order valence-corrected chi connectivity index (χ2v) is 8.47. The summed E-state index contributed by atoms with van der Waals surface area (Å²) in [6.07, 6.45) is 0.684. The Labute approximate surface area is 193 Å². The molecule has 4 rings (SSSR count). The summed E-state index contributed by atoms with van der Waals surface area (Å²) in [5.41, 5.74) is 4.18. The number of carbonyl (C=O) groups is 1. The fraction of sp³-hybridized carbons (Fsp3) is 0.296. The number of carboxylic acids is 1. The van der Waals surface area contributed by atoms with Gasteiger partial charge in [-0.1, -0.05) is 36.4 Å². The van der Waals surface area contributed by atoms with E-state index in [1.807, 2.05) is 44.2 Å². The van der Waals surface area contributed by atoms with Crippen LogP contribution in [0.4, 0.5) is 4.39 Å². The maximum Gasteiger partial charge on any atom is 0.335 e. The minimum absolute atomic E-state index is 0.0178. The van der Waals surface area contributed by atoms with Gasteiger partial charge in [0.25, 0.3) is 0 Å². The van der Waals surface area contributed by atoms with Crippen LogP contribution in [0.15, 0.2) is 60.7 Å². The van der Waals surface area contributed by atoms with Crippen molar-refractivity contribution in [3.63, 3.8) is 0 Å². The normalized spacial score (nSPS) is 18.2. The summed E-state index contributed by atoms with van der Waals surface area (Å²) in [5, 5.41) is 12.9. The zero-order chi connectivity index (χ0) is 23.5. The van der Waals surface area contributed by atoms with Crippen molar-refractivity contribution in [3.8, 4) is 11.5 Å². The largest absolute Gasteiger partial charge is 0.494 e. The van der Waals surface area contributed by atoms with E-state index in [2.05, 4.69) is 11.4 Å². The number of benzene rings is 3. The highest BCUT2D eigenvalue weighted by Crippen LogP contribution is 2.40. The van der Waals surface area contributed by atoms with Gasteiger partial charge in [-0.05, 0) is 61.2 Å². The van der Waals surface area contributed by atoms with Gasteiger partial charge in [-0.3, -0.25) is 0 Å². The highest BCUT2D eigenvalue weighted by molar-refractivity contribution is 5.89. The molecule has 0 aliphatic carbocycles. The molecule has 0 spiro atoms. The maximum absolute atomic E-state index is 13.8. The van der Waals surface area contributed by atoms with Crippen LogP contribution in [0.3, 0.4) is 0 Å². The summed E-state index contributed by atoms with van der Waals surface area (Å²) < 4.78 is 25.1. The average molecular weight is 450 g/mol. The van der Waals surface area contributed by atoms with E-state index in [1.165, 1.54) is 13.2 Å². The molecule has 1 aliphatic rings. The second kappa shape index (κ2) is 9.63. The predicted molar refractivity (Wildman–Crippen MR) is 125 cm³/mol. The first-order chi connectivity index (χ1) is 15.9. The Hall–Kier alpha value is -3.38. The first-order valence-electron chi connectivity index (χ1n) is 11.0. The molecule has 3 aromatic carbocycles. The number of methoxy groups -OCH3 is 1. The maximum atomic E-state index is 13.8. The molecule has 33 heavy (non-hydrogen) atoms. The number of carboxylic acid groups (broad SMARTS) is 1. The van der Waals surface area contributed by atoms with Crippen LogP contribution < -0.4 is 14.8 Å². The number of nitrogens with one attached hydrogen (secondary N) is 1. The Bertz CT molecular complexity index is 1160. The Morgan fingerprint density at radius 1 is 1.21 bits per heavy atom. The van der Waals surface area contributed by atoms with Crippen LogP contribution in [0.5, 0.6) is 11.5 Å². The van der Waals surface area contributed by atoms with Crippen LogP contribution in [0.1, 0.15) is 57.9 Å². The van der Waals surface area contributed by atoms with E-state index >= 15 is 0 Å². The Balaban J connectivity index is 1.53. The highest BCUT2D eigenvalue weighted by atomic mass is 19.1. The van der Waals surface area contributed by atoms with Crippen LogP contribution in [0.2, 0.25) is 0 Å². The molecule has 0 saturated heterocycles. The third kappa shape index (κ3) is 4.86. The molecule has 0 fully saturated rings. The van der Waals surface area contributed by atoms with Crippen molar-refractivity contribution in [1.29, 1.82) is 0 Å². The van der Waals surface area contributed by atoms with Gasteiger partial charge in [-0.25, -0.2) is 9.18 Å². The van der Waals surface area contributed by atoms with E-state index in [1.54, 1.807) is 18.2 Å². The number of hydrogen-bond donors (Lipinski definition) is 2. The predicted octanol–water partition coefficient (Wildman–Crippen LogP) is 5.47. The van der Waals surface area contributed by atoms with Gasteiger partial charge >= 0.3 is 5.97 Å². The van der Waals surface area contributed by atoms with E-state index in [4.69, 9.17) is 9.47 Å². The summed E-state index contributed by atoms with van der Waals surface area (Å²) in [5.74, 6) is -0.127. The van der Waals surface area contributed by atoms with Crippen LogP contribution in [-0.4, -0.2) is 30.8 Å². The summed E-state index contributed by atoms with van der Waals surface area (Å²) >= 11 is 0. The average Bonchev–Trinajstić information content (AvgIpc) is 2.82. The lowest BCUT2D eigenvalue weighted by Gasteiger charge is -2.33. The Morgan fingerprint density at radius 3 is 2.73 bits per heavy atom. The molecule has 0 saturated carbocycles. The molecule has 172 valence electrons. The van der Waals surface area contributed by atoms with Crippen molar-refractivity contribution < 1.29 is 23.8 Å². The van der Waals surface area contributed by atoms with E-state index in [0.717, 1.165) is 34.4 Å². The van der Waals surface area contributed by atoms with Crippen molar-refractivity contribution in [2.45, 2.75) is 38.3 Å². The number of aromatic carboxylic acids is 1. The van der Waals surface area contributed by atoms with Crippen LogP contribution in [0, 0.1) is 12.7 Å². The molecule has 1 heterocycles. The smallest absolute Gasteiger partial charge is 0.335 e. The van der Waals surface area contributed by atoms with E-state index in [-0.39, 0.29) is 29.6 Å². The molecule has 0 bridgehead atoms. The van der Waals surface area contributed by atoms with Gasteiger partial charge in [0.15, 0.2) is 11.6 Å². The van der Waals surface area contributed by atoms with Gasteiger partial charge in [0.05, 0.1) is 12.7 Å². The van der Waals surface area contributed by atoms with Gasteiger partial charge in [0.2, 0.25) is 0 Å². The van der Waals surface area contributed by atoms with Gasteiger partial charge < -0.3 is 19.9 Å². The lowest BCUT2D eigenvalue weighted by atomic mass is 9.83. The van der Waals surface area contributed by atoms with E-state index in [9.17, 15) is 14.3 Å². The minimum Gasteiger partial charge on any atom is -0.494 e. The van der Waals surface area contributed by atoms with Crippen LogP contribution >= 0.6 is 0 Å². The molecular weight excluding hydrogens is 421 g/mol. The molecule has 5 nitrogen and oxygen atoms in total. The van der Waals surface area contributed by atoms with Crippen molar-refractivity contribution >= 4 is 5.97 Å².